The van der Waals surface area contributed by atoms with Gasteiger partial charge in [0.05, 0.1) is 5.41 Å². The van der Waals surface area contributed by atoms with Gasteiger partial charge in [-0.15, -0.1) is 0 Å². The Labute approximate surface area is 125 Å². The maximum atomic E-state index is 12.3. The third-order valence-corrected chi connectivity index (χ3v) is 6.84. The van der Waals surface area contributed by atoms with Crippen LogP contribution >= 0.6 is 0 Å². The quantitative estimate of drug-likeness (QED) is 0.550. The first kappa shape index (κ1) is 13.4. The fourth-order valence-corrected chi connectivity index (χ4v) is 5.90. The molecule has 112 valence electrons. The fraction of sp³-hybridized carbons (Fsp3) is 0.722. The van der Waals surface area contributed by atoms with E-state index in [-0.39, 0.29) is 17.5 Å². The van der Waals surface area contributed by atoms with Crippen LogP contribution in [-0.4, -0.2) is 17.9 Å². The zero-order chi connectivity index (χ0) is 14.6. The summed E-state index contributed by atoms with van der Waals surface area (Å²) >= 11 is 0. The minimum Gasteiger partial charge on any atom is -0.302 e. The highest BCUT2D eigenvalue weighted by Gasteiger charge is 2.58. The summed E-state index contributed by atoms with van der Waals surface area (Å²) in [6, 6.07) is 0. The smallest absolute Gasteiger partial charge is 0.155 e. The van der Waals surface area contributed by atoms with Gasteiger partial charge in [0.15, 0.2) is 5.78 Å². The molecule has 4 aliphatic carbocycles. The highest BCUT2D eigenvalue weighted by molar-refractivity contribution is 6.00. The van der Waals surface area contributed by atoms with E-state index in [0.717, 1.165) is 44.8 Å². The summed E-state index contributed by atoms with van der Waals surface area (Å²) in [5.41, 5.74) is 0.711. The molecule has 0 aliphatic heterocycles. The summed E-state index contributed by atoms with van der Waals surface area (Å²) < 4.78 is 0. The molecule has 4 aliphatic rings. The minimum atomic E-state index is -0.646. The molecule has 21 heavy (non-hydrogen) atoms. The Morgan fingerprint density at radius 1 is 1.00 bits per heavy atom. The molecule has 0 N–H and O–H groups in total. The summed E-state index contributed by atoms with van der Waals surface area (Å²) in [4.78, 5) is 35.6. The number of fused-ring (bicyclic) bond motifs is 5. The zero-order valence-electron chi connectivity index (χ0n) is 12.3. The number of hydrogen-bond acceptors (Lipinski definition) is 3. The van der Waals surface area contributed by atoms with Crippen molar-refractivity contribution >= 4 is 17.9 Å². The highest BCUT2D eigenvalue weighted by atomic mass is 16.1. The molecule has 0 bridgehead atoms. The molecule has 5 atom stereocenters. The van der Waals surface area contributed by atoms with E-state index in [1.807, 2.05) is 6.08 Å². The molecule has 3 saturated carbocycles. The molecule has 0 unspecified atom stereocenters. The number of aldehydes is 1. The van der Waals surface area contributed by atoms with E-state index in [9.17, 15) is 14.4 Å². The predicted octanol–water partition coefficient (Wildman–Crippen LogP) is 2.88. The number of carbonyl (C=O) groups is 3. The maximum absolute atomic E-state index is 12.3. The van der Waals surface area contributed by atoms with Crippen LogP contribution in [0.25, 0.3) is 0 Å². The fourth-order valence-electron chi connectivity index (χ4n) is 5.90. The van der Waals surface area contributed by atoms with Gasteiger partial charge in [0.2, 0.25) is 0 Å². The average Bonchev–Trinajstić information content (AvgIpc) is 2.84. The molecule has 0 saturated heterocycles. The molecule has 0 heterocycles. The Kier molecular flexibility index (Phi) is 2.95. The third kappa shape index (κ3) is 1.75. The molecule has 0 aromatic carbocycles. The van der Waals surface area contributed by atoms with Gasteiger partial charge < -0.3 is 4.79 Å². The molecular formula is C18H22O3. The summed E-state index contributed by atoms with van der Waals surface area (Å²) in [6.07, 6.45) is 9.85. The van der Waals surface area contributed by atoms with Gasteiger partial charge in [0.1, 0.15) is 12.1 Å². The van der Waals surface area contributed by atoms with Gasteiger partial charge >= 0.3 is 0 Å². The SMILES string of the molecule is O=C[C@]12CC[C@H]3[C@@H](CCC4=CC(=O)CC[C@@H]43)[C@@H]1CCC2=O. The molecule has 3 nitrogen and oxygen atoms in total. The zero-order valence-corrected chi connectivity index (χ0v) is 12.3. The average molecular weight is 286 g/mol. The van der Waals surface area contributed by atoms with Gasteiger partial charge in [-0.05, 0) is 68.3 Å². The molecule has 4 rings (SSSR count). The summed E-state index contributed by atoms with van der Waals surface area (Å²) in [5, 5.41) is 0. The number of rotatable bonds is 1. The van der Waals surface area contributed by atoms with Gasteiger partial charge in [0, 0.05) is 12.8 Å². The number of ketones is 2. The van der Waals surface area contributed by atoms with Crippen LogP contribution in [0.3, 0.4) is 0 Å². The van der Waals surface area contributed by atoms with E-state index >= 15 is 0 Å². The van der Waals surface area contributed by atoms with Crippen LogP contribution < -0.4 is 0 Å². The summed E-state index contributed by atoms with van der Waals surface area (Å²) in [6.45, 7) is 0. The number of carbonyl (C=O) groups excluding carboxylic acids is 3. The molecule has 0 amide bonds. The Balaban J connectivity index is 1.67. The van der Waals surface area contributed by atoms with E-state index in [0.29, 0.717) is 30.6 Å². The molecule has 0 aromatic heterocycles. The van der Waals surface area contributed by atoms with Crippen LogP contribution in [-0.2, 0) is 14.4 Å². The highest BCUT2D eigenvalue weighted by Crippen LogP contribution is 2.59. The Morgan fingerprint density at radius 3 is 2.67 bits per heavy atom. The van der Waals surface area contributed by atoms with Crippen LogP contribution in [0.4, 0.5) is 0 Å². The first-order chi connectivity index (χ1) is 10.2. The van der Waals surface area contributed by atoms with Crippen LogP contribution in [0.5, 0.6) is 0 Å². The number of allylic oxidation sites excluding steroid dienone is 1. The van der Waals surface area contributed by atoms with Gasteiger partial charge in [-0.2, -0.15) is 0 Å². The number of Topliss-reactive ketones (excluding diaryl/α,β-unsaturated/α-hetero) is 1. The van der Waals surface area contributed by atoms with E-state index in [2.05, 4.69) is 0 Å². The second kappa shape index (κ2) is 4.62. The largest absolute Gasteiger partial charge is 0.302 e. The van der Waals surface area contributed by atoms with E-state index in [1.54, 1.807) is 0 Å². The van der Waals surface area contributed by atoms with Crippen molar-refractivity contribution in [2.75, 3.05) is 0 Å². The van der Waals surface area contributed by atoms with Crippen molar-refractivity contribution in [1.82, 2.24) is 0 Å². The molecule has 0 spiro atoms. The van der Waals surface area contributed by atoms with E-state index in [4.69, 9.17) is 0 Å². The summed E-state index contributed by atoms with van der Waals surface area (Å²) in [5.74, 6) is 2.42. The Hall–Kier alpha value is -1.25. The van der Waals surface area contributed by atoms with Crippen molar-refractivity contribution < 1.29 is 14.4 Å². The van der Waals surface area contributed by atoms with Crippen molar-refractivity contribution in [3.05, 3.63) is 11.6 Å². The Bertz CT molecular complexity index is 547. The first-order valence-electron chi connectivity index (χ1n) is 8.38. The maximum Gasteiger partial charge on any atom is 0.155 e. The van der Waals surface area contributed by atoms with Crippen LogP contribution in [0.2, 0.25) is 0 Å². The number of hydrogen-bond donors (Lipinski definition) is 0. The predicted molar refractivity (Wildman–Crippen MR) is 77.5 cm³/mol. The minimum absolute atomic E-state index is 0.195. The molecule has 3 fully saturated rings. The lowest BCUT2D eigenvalue weighted by molar-refractivity contribution is -0.140. The normalized spacial score (nSPS) is 45.4. The van der Waals surface area contributed by atoms with Gasteiger partial charge in [-0.25, -0.2) is 0 Å². The first-order valence-corrected chi connectivity index (χ1v) is 8.38. The molecule has 0 radical (unpaired) electrons. The van der Waals surface area contributed by atoms with Crippen LogP contribution in [0, 0.1) is 29.1 Å². The molecular weight excluding hydrogens is 264 g/mol. The van der Waals surface area contributed by atoms with Crippen molar-refractivity contribution in [2.24, 2.45) is 29.1 Å². The monoisotopic (exact) mass is 286 g/mol. The lowest BCUT2D eigenvalue weighted by atomic mass is 9.52. The van der Waals surface area contributed by atoms with E-state index in [1.165, 1.54) is 5.57 Å². The van der Waals surface area contributed by atoms with Crippen molar-refractivity contribution in [1.29, 1.82) is 0 Å². The van der Waals surface area contributed by atoms with E-state index < -0.39 is 5.41 Å². The second-order valence-electron chi connectivity index (χ2n) is 7.46. The summed E-state index contributed by atoms with van der Waals surface area (Å²) in [7, 11) is 0. The molecule has 3 heteroatoms. The lowest BCUT2D eigenvalue weighted by Gasteiger charge is -2.51. The van der Waals surface area contributed by atoms with Gasteiger partial charge in [-0.1, -0.05) is 5.57 Å². The van der Waals surface area contributed by atoms with Gasteiger partial charge in [-0.3, -0.25) is 9.59 Å². The van der Waals surface area contributed by atoms with Crippen molar-refractivity contribution in [3.8, 4) is 0 Å². The standard InChI is InChI=1S/C18H22O3/c19-10-18-8-7-14-13-4-2-12(20)9-11(13)1-3-15(14)16(18)5-6-17(18)21/h9-10,13-16H,1-8H2/t13-,14+,15+,16-,18+/m0/s1. The lowest BCUT2D eigenvalue weighted by Crippen LogP contribution is -2.48. The van der Waals surface area contributed by atoms with Crippen molar-refractivity contribution in [3.63, 3.8) is 0 Å². The van der Waals surface area contributed by atoms with Crippen molar-refractivity contribution in [2.45, 2.75) is 51.4 Å². The van der Waals surface area contributed by atoms with Crippen LogP contribution in [0.1, 0.15) is 51.4 Å². The topological polar surface area (TPSA) is 51.2 Å². The van der Waals surface area contributed by atoms with Gasteiger partial charge in [0.25, 0.3) is 0 Å². The Morgan fingerprint density at radius 2 is 1.86 bits per heavy atom. The second-order valence-corrected chi connectivity index (χ2v) is 7.46. The molecule has 0 aromatic rings. The third-order valence-electron chi connectivity index (χ3n) is 6.84. The van der Waals surface area contributed by atoms with Crippen LogP contribution in [0.15, 0.2) is 11.6 Å².